The van der Waals surface area contributed by atoms with Crippen molar-refractivity contribution in [3.63, 3.8) is 0 Å². The molecule has 0 spiro atoms. The number of ether oxygens (including phenoxy) is 3. The Hall–Kier alpha value is -7.27. The number of amides is 1. The van der Waals surface area contributed by atoms with Crippen LogP contribution in [0.2, 0.25) is 0 Å². The molecule has 4 aromatic carbocycles. The van der Waals surface area contributed by atoms with Gasteiger partial charge in [-0.15, -0.1) is 0 Å². The summed E-state index contributed by atoms with van der Waals surface area (Å²) in [5.41, 5.74) is 13.9. The molecule has 3 heterocycles. The molecule has 0 aromatic heterocycles. The largest absolute Gasteiger partial charge is 0.466 e. The van der Waals surface area contributed by atoms with Gasteiger partial charge in [0.2, 0.25) is 0 Å². The fraction of sp³-hybridized carbons (Fsp3) is 0.418. The van der Waals surface area contributed by atoms with E-state index >= 15 is 0 Å². The van der Waals surface area contributed by atoms with Gasteiger partial charge in [0.15, 0.2) is 11.6 Å². The molecular weight excluding hydrogens is 975 g/mol. The second kappa shape index (κ2) is 22.6. The molecular formula is C67H77N3O8. The molecule has 4 aromatic rings. The average Bonchev–Trinajstić information content (AvgIpc) is 3.96. The van der Waals surface area contributed by atoms with Gasteiger partial charge >= 0.3 is 18.0 Å². The van der Waals surface area contributed by atoms with E-state index in [1.165, 1.54) is 18.2 Å². The summed E-state index contributed by atoms with van der Waals surface area (Å²) in [7, 11) is 1.39. The molecule has 11 heteroatoms. The Balaban J connectivity index is 0.000000198. The van der Waals surface area contributed by atoms with Crippen molar-refractivity contribution in [3.05, 3.63) is 170 Å². The molecule has 1 fully saturated rings. The van der Waals surface area contributed by atoms with Gasteiger partial charge in [-0.05, 0) is 140 Å². The number of rotatable bonds is 10. The van der Waals surface area contributed by atoms with Gasteiger partial charge in [0.25, 0.3) is 0 Å². The van der Waals surface area contributed by atoms with E-state index in [4.69, 9.17) is 14.2 Å². The molecule has 0 saturated carbocycles. The van der Waals surface area contributed by atoms with Gasteiger partial charge in [-0.25, -0.2) is 14.4 Å². The van der Waals surface area contributed by atoms with Crippen LogP contribution in [-0.4, -0.2) is 66.9 Å². The van der Waals surface area contributed by atoms with E-state index in [0.29, 0.717) is 67.2 Å². The van der Waals surface area contributed by atoms with Crippen LogP contribution < -0.4 is 10.6 Å². The molecule has 2 unspecified atom stereocenters. The van der Waals surface area contributed by atoms with Gasteiger partial charge in [-0.2, -0.15) is 0 Å². The Morgan fingerprint density at radius 1 is 0.679 bits per heavy atom. The number of Topliss-reactive ketones (excluding diaryl/α,β-unsaturated/α-hetero) is 2. The average molecular weight is 1050 g/mol. The van der Waals surface area contributed by atoms with Crippen LogP contribution in [-0.2, 0) is 39.8 Å². The molecule has 2 N–H and O–H groups in total. The zero-order valence-corrected chi connectivity index (χ0v) is 47.3. The van der Waals surface area contributed by atoms with Crippen molar-refractivity contribution < 1.29 is 38.2 Å². The molecule has 6 aliphatic rings. The third kappa shape index (κ3) is 12.2. The smallest absolute Gasteiger partial charge is 0.410 e. The Labute approximate surface area is 461 Å². The number of fused-ring (bicyclic) bond motifs is 1. The molecule has 1 saturated heterocycles. The predicted molar refractivity (Wildman–Crippen MR) is 306 cm³/mol. The highest BCUT2D eigenvalue weighted by molar-refractivity contribution is 6.05. The summed E-state index contributed by atoms with van der Waals surface area (Å²) < 4.78 is 16.7. The molecule has 11 nitrogen and oxygen atoms in total. The first kappa shape index (κ1) is 55.5. The number of nitrogens with zero attached hydrogens (tertiary/aromatic N) is 1. The highest BCUT2D eigenvalue weighted by Gasteiger charge is 2.45. The minimum Gasteiger partial charge on any atom is -0.466 e. The number of allylic oxidation sites excluding steroid dienone is 7. The van der Waals surface area contributed by atoms with Crippen LogP contribution in [0.15, 0.2) is 148 Å². The molecule has 3 aliphatic carbocycles. The normalized spacial score (nSPS) is 20.7. The molecule has 1 amide bonds. The van der Waals surface area contributed by atoms with E-state index in [1.807, 2.05) is 65.0 Å². The number of likely N-dealkylation sites (tertiary alicyclic amines) is 1. The van der Waals surface area contributed by atoms with Gasteiger partial charge in [-0.3, -0.25) is 9.59 Å². The number of piperidine rings is 1. The number of carbonyl (C=O) groups excluding carboxylic acids is 5. The minimum atomic E-state index is -0.515. The van der Waals surface area contributed by atoms with E-state index in [0.717, 1.165) is 94.7 Å². The van der Waals surface area contributed by atoms with Gasteiger partial charge in [-0.1, -0.05) is 138 Å². The minimum absolute atomic E-state index is 0.0862. The topological polar surface area (TPSA) is 140 Å². The zero-order chi connectivity index (χ0) is 55.7. The Kier molecular flexibility index (Phi) is 16.1. The number of dihydropyridines is 2. The first-order valence-electron chi connectivity index (χ1n) is 27.9. The van der Waals surface area contributed by atoms with Crippen molar-refractivity contribution in [3.8, 4) is 22.3 Å². The standard InChI is InChI=1S/C38H48N2O5.C29H29NO3/c1-7-29-34(35(42)44-22-19-25-17-20-40(21-18-25)36(43)45-37(2,3)4)32(33-30(39-29)23-38(5,6)24-31(33)41)28-15-13-27(14-16-28)26-11-9-8-10-12-26;1-17-25(28(32)33-4)26(27-23(30-17)15-29(2,3)16-24(27)31)22-10-6-9-20(14-22)21-12-11-18-7-5-8-19(18)13-21/h8-16,25,32,39H,7,17-24H2,1-6H3;5-6,8-14,26,30H,7,15-16H2,1-4H3. The lowest BCUT2D eigenvalue weighted by Crippen LogP contribution is -2.42. The first-order valence-corrected chi connectivity index (χ1v) is 27.9. The number of hydrogen-bond acceptors (Lipinski definition) is 10. The van der Waals surface area contributed by atoms with Crippen LogP contribution >= 0.6 is 0 Å². The van der Waals surface area contributed by atoms with Crippen molar-refractivity contribution in [2.24, 2.45) is 16.7 Å². The number of hydrogen-bond donors (Lipinski definition) is 2. The molecule has 0 radical (unpaired) electrons. The lowest BCUT2D eigenvalue weighted by Gasteiger charge is -2.40. The van der Waals surface area contributed by atoms with Crippen LogP contribution in [0.5, 0.6) is 0 Å². The SMILES string of the molecule is CCC1=C(C(=O)OCCC2CCN(C(=O)OC(C)(C)C)CC2)C(c2ccc(-c3ccccc3)cc2)C2=C(CC(C)(C)CC2=O)N1.COC(=O)C1=C(C)NC2=C(C(=O)CC(C)(C)C2)C1c1cccc(-c2ccc3c(c2)C=CC3)c1. The summed E-state index contributed by atoms with van der Waals surface area (Å²) in [5, 5.41) is 6.89. The third-order valence-corrected chi connectivity index (χ3v) is 16.1. The summed E-state index contributed by atoms with van der Waals surface area (Å²) in [6.45, 7) is 19.6. The summed E-state index contributed by atoms with van der Waals surface area (Å²) >= 11 is 0. The van der Waals surface area contributed by atoms with Crippen LogP contribution in [0.4, 0.5) is 4.79 Å². The second-order valence-corrected chi connectivity index (χ2v) is 24.5. The van der Waals surface area contributed by atoms with Crippen molar-refractivity contribution >= 4 is 35.7 Å². The van der Waals surface area contributed by atoms with Crippen LogP contribution in [0, 0.1) is 16.7 Å². The fourth-order valence-corrected chi connectivity index (χ4v) is 12.3. The summed E-state index contributed by atoms with van der Waals surface area (Å²) in [5.74, 6) is -1.14. The molecule has 0 bridgehead atoms. The molecule has 3 aliphatic heterocycles. The van der Waals surface area contributed by atoms with E-state index in [1.54, 1.807) is 4.90 Å². The number of methoxy groups -OCH3 is 1. The van der Waals surface area contributed by atoms with E-state index in [2.05, 4.69) is 117 Å². The Morgan fingerprint density at radius 2 is 1.27 bits per heavy atom. The first-order chi connectivity index (χ1) is 37.1. The summed E-state index contributed by atoms with van der Waals surface area (Å²) in [6, 6.07) is 33.2. The predicted octanol–water partition coefficient (Wildman–Crippen LogP) is 13.6. The van der Waals surface area contributed by atoms with Crippen molar-refractivity contribution in [2.45, 2.75) is 138 Å². The third-order valence-electron chi connectivity index (χ3n) is 16.1. The maximum Gasteiger partial charge on any atom is 0.410 e. The van der Waals surface area contributed by atoms with Crippen LogP contribution in [0.3, 0.4) is 0 Å². The summed E-state index contributed by atoms with van der Waals surface area (Å²) in [4.78, 5) is 68.2. The number of carbonyl (C=O) groups is 5. The molecule has 2 atom stereocenters. The number of nitrogens with one attached hydrogen (secondary N) is 2. The van der Waals surface area contributed by atoms with Gasteiger partial charge in [0.1, 0.15) is 5.60 Å². The van der Waals surface area contributed by atoms with E-state index in [9.17, 15) is 24.0 Å². The number of esters is 2. The Morgan fingerprint density at radius 3 is 1.90 bits per heavy atom. The quantitative estimate of drug-likeness (QED) is 0.116. The number of ketones is 2. The summed E-state index contributed by atoms with van der Waals surface area (Å²) in [6.07, 6.45) is 10.5. The second-order valence-electron chi connectivity index (χ2n) is 24.5. The van der Waals surface area contributed by atoms with Gasteiger partial charge < -0.3 is 29.7 Å². The highest BCUT2D eigenvalue weighted by Crippen LogP contribution is 2.49. The van der Waals surface area contributed by atoms with Crippen LogP contribution in [0.1, 0.15) is 148 Å². The van der Waals surface area contributed by atoms with Crippen LogP contribution in [0.25, 0.3) is 28.3 Å². The van der Waals surface area contributed by atoms with E-state index in [-0.39, 0.29) is 34.5 Å². The van der Waals surface area contributed by atoms with E-state index < -0.39 is 23.4 Å². The maximum absolute atomic E-state index is 13.9. The fourth-order valence-electron chi connectivity index (χ4n) is 12.3. The van der Waals surface area contributed by atoms with Crippen molar-refractivity contribution in [1.29, 1.82) is 0 Å². The molecule has 408 valence electrons. The molecule has 10 rings (SSSR count). The van der Waals surface area contributed by atoms with Gasteiger partial charge in [0.05, 0.1) is 24.9 Å². The van der Waals surface area contributed by atoms with Crippen molar-refractivity contribution in [2.75, 3.05) is 26.8 Å². The molecule has 78 heavy (non-hydrogen) atoms. The lowest BCUT2D eigenvalue weighted by atomic mass is 9.68. The highest BCUT2D eigenvalue weighted by atomic mass is 16.6. The maximum atomic E-state index is 13.9. The van der Waals surface area contributed by atoms with Gasteiger partial charge in [0, 0.05) is 71.7 Å². The lowest BCUT2D eigenvalue weighted by molar-refractivity contribution is -0.140. The monoisotopic (exact) mass is 1050 g/mol. The zero-order valence-electron chi connectivity index (χ0n) is 47.3. The Bertz CT molecular complexity index is 3170. The number of benzene rings is 4. The van der Waals surface area contributed by atoms with Crippen molar-refractivity contribution in [1.82, 2.24) is 15.5 Å².